The molecule has 0 aromatic heterocycles. The second-order valence-corrected chi connectivity index (χ2v) is 0.347. The molecule has 34 valence electrons. The van der Waals surface area contributed by atoms with Crippen molar-refractivity contribution in [3.05, 3.63) is 0 Å². The van der Waals surface area contributed by atoms with E-state index < -0.39 is 0 Å². The summed E-state index contributed by atoms with van der Waals surface area (Å²) in [5.41, 5.74) is 0. The second-order valence-electron chi connectivity index (χ2n) is 0.347. The molecular formula is CH6B2O3. The maximum atomic E-state index is 7.53. The van der Waals surface area contributed by atoms with E-state index >= 15 is 0 Å². The van der Waals surface area contributed by atoms with Crippen LogP contribution in [-0.2, 0) is 4.57 Å². The van der Waals surface area contributed by atoms with Gasteiger partial charge in [0.1, 0.15) is 0 Å². The van der Waals surface area contributed by atoms with Gasteiger partial charge in [-0.15, -0.1) is 0 Å². The Morgan fingerprint density at radius 1 is 1.17 bits per heavy atom. The third-order valence-electron chi connectivity index (χ3n) is 0.122. The summed E-state index contributed by atoms with van der Waals surface area (Å²) in [5.74, 6) is 0. The number of rotatable bonds is 2. The average molecular weight is 87.7 g/mol. The zero-order valence-corrected chi connectivity index (χ0v) is 2.46. The lowest BCUT2D eigenvalue weighted by Gasteiger charge is -1.78. The smallest absolute Gasteiger partial charge is 0.456 e. The molecule has 0 saturated heterocycles. The lowest BCUT2D eigenvalue weighted by molar-refractivity contribution is 0.408. The first-order valence-electron chi connectivity index (χ1n) is 0.988. The van der Waals surface area contributed by atoms with E-state index in [0.717, 1.165) is 0 Å². The van der Waals surface area contributed by atoms with Gasteiger partial charge in [-0.3, -0.25) is 0 Å². The highest BCUT2D eigenvalue weighted by atomic mass is 16.5. The molecule has 0 unspecified atom stereocenters. The third kappa shape index (κ3) is 8.99. The molecule has 0 atom stereocenters. The van der Waals surface area contributed by atoms with E-state index in [2.05, 4.69) is 4.57 Å². The van der Waals surface area contributed by atoms with Crippen molar-refractivity contribution in [2.45, 2.75) is 7.43 Å². The normalized spacial score (nSPS) is 5.67. The first-order chi connectivity index (χ1) is 2.41. The Hall–Kier alpha value is 0.00987. The summed E-state index contributed by atoms with van der Waals surface area (Å²) >= 11 is 0. The van der Waals surface area contributed by atoms with Crippen LogP contribution in [0.25, 0.3) is 0 Å². The van der Waals surface area contributed by atoms with Gasteiger partial charge in [0, 0.05) is 0 Å². The van der Waals surface area contributed by atoms with Gasteiger partial charge in [0.25, 0.3) is 0 Å². The van der Waals surface area contributed by atoms with Gasteiger partial charge in [0.05, 0.1) is 0 Å². The Morgan fingerprint density at radius 3 is 1.50 bits per heavy atom. The lowest BCUT2D eigenvalue weighted by atomic mass is 10.3. The maximum Gasteiger partial charge on any atom is 0.469 e. The quantitative estimate of drug-likeness (QED) is 0.412. The molecular weight excluding hydrogens is 81.6 g/mol. The zero-order valence-electron chi connectivity index (χ0n) is 2.46. The predicted octanol–water partition coefficient (Wildman–Crippen LogP) is -1.31. The molecule has 0 aliphatic carbocycles. The second kappa shape index (κ2) is 8.89. The van der Waals surface area contributed by atoms with Crippen molar-refractivity contribution in [1.29, 1.82) is 0 Å². The molecule has 0 aliphatic heterocycles. The highest BCUT2D eigenvalue weighted by Crippen LogP contribution is 1.48. The Kier molecular flexibility index (Phi) is 13.9. The molecule has 5 heteroatoms. The van der Waals surface area contributed by atoms with E-state index in [1.54, 1.807) is 0 Å². The fourth-order valence-electron chi connectivity index (χ4n) is 0.0272. The summed E-state index contributed by atoms with van der Waals surface area (Å²) in [5, 5.41) is 15.1. The van der Waals surface area contributed by atoms with E-state index in [1.807, 2.05) is 0 Å². The molecule has 0 saturated carbocycles. The minimum absolute atomic E-state index is 0. The standard InChI is InChI=1S/CH4.B2H2O3/c;3-1-5-2-4/h1H4;3-4H. The van der Waals surface area contributed by atoms with E-state index in [-0.39, 0.29) is 7.43 Å². The molecule has 0 aromatic rings. The third-order valence-corrected chi connectivity index (χ3v) is 0.122. The number of hydrogen-bond acceptors (Lipinski definition) is 3. The molecule has 0 aliphatic rings. The van der Waals surface area contributed by atoms with Crippen molar-refractivity contribution in [3.63, 3.8) is 0 Å². The van der Waals surface area contributed by atoms with Crippen LogP contribution in [-0.4, -0.2) is 25.4 Å². The van der Waals surface area contributed by atoms with Crippen molar-refractivity contribution in [3.8, 4) is 0 Å². The van der Waals surface area contributed by atoms with Crippen LogP contribution in [0.1, 0.15) is 7.43 Å². The number of hydrogen-bond donors (Lipinski definition) is 2. The Balaban J connectivity index is 0. The molecule has 0 heterocycles. The van der Waals surface area contributed by atoms with Gasteiger partial charge in [-0.05, 0) is 0 Å². The van der Waals surface area contributed by atoms with Gasteiger partial charge in [0.15, 0.2) is 0 Å². The Labute approximate surface area is 38.6 Å². The monoisotopic (exact) mass is 88.1 g/mol. The molecule has 0 rings (SSSR count). The van der Waals surface area contributed by atoms with Gasteiger partial charge in [0.2, 0.25) is 0 Å². The minimum atomic E-state index is 0. The summed E-state index contributed by atoms with van der Waals surface area (Å²) in [6.45, 7) is 0. The SMILES string of the molecule is C.O[B]O[B]O. The molecule has 2 N–H and O–H groups in total. The average Bonchev–Trinajstić information content (AvgIpc) is 1.41. The summed E-state index contributed by atoms with van der Waals surface area (Å²) in [4.78, 5) is 0. The van der Waals surface area contributed by atoms with Crippen molar-refractivity contribution in [1.82, 2.24) is 0 Å². The van der Waals surface area contributed by atoms with Crippen LogP contribution in [0.3, 0.4) is 0 Å². The van der Waals surface area contributed by atoms with Crippen molar-refractivity contribution in [2.75, 3.05) is 0 Å². The van der Waals surface area contributed by atoms with Crippen LogP contribution < -0.4 is 0 Å². The maximum absolute atomic E-state index is 7.53. The van der Waals surface area contributed by atoms with E-state index in [0.29, 0.717) is 15.4 Å². The molecule has 6 heavy (non-hydrogen) atoms. The van der Waals surface area contributed by atoms with E-state index in [4.69, 9.17) is 10.0 Å². The fourth-order valence-corrected chi connectivity index (χ4v) is 0.0272. The molecule has 0 aromatic carbocycles. The van der Waals surface area contributed by atoms with Crippen LogP contribution in [0.4, 0.5) is 0 Å². The Bertz CT molecular complexity index is 16.3. The molecule has 3 nitrogen and oxygen atoms in total. The Morgan fingerprint density at radius 2 is 1.50 bits per heavy atom. The van der Waals surface area contributed by atoms with Crippen LogP contribution in [0.5, 0.6) is 0 Å². The van der Waals surface area contributed by atoms with Crippen molar-refractivity contribution < 1.29 is 14.6 Å². The van der Waals surface area contributed by atoms with Crippen LogP contribution in [0, 0.1) is 0 Å². The van der Waals surface area contributed by atoms with Gasteiger partial charge in [-0.25, -0.2) is 0 Å². The predicted molar refractivity (Wildman–Crippen MR) is 23.8 cm³/mol. The summed E-state index contributed by atoms with van der Waals surface area (Å²) in [6, 6.07) is 0. The minimum Gasteiger partial charge on any atom is -0.456 e. The molecule has 0 spiro atoms. The highest BCUT2D eigenvalue weighted by Gasteiger charge is 1.80. The first-order valence-corrected chi connectivity index (χ1v) is 0.988. The summed E-state index contributed by atoms with van der Waals surface area (Å²) in [6.07, 6.45) is 0. The van der Waals surface area contributed by atoms with E-state index in [9.17, 15) is 0 Å². The van der Waals surface area contributed by atoms with Crippen LogP contribution in [0.2, 0.25) is 0 Å². The molecule has 0 bridgehead atoms. The van der Waals surface area contributed by atoms with Gasteiger partial charge in [-0.2, -0.15) is 0 Å². The van der Waals surface area contributed by atoms with Gasteiger partial charge < -0.3 is 14.6 Å². The molecule has 2 radical (unpaired) electrons. The van der Waals surface area contributed by atoms with E-state index in [1.165, 1.54) is 0 Å². The molecule has 0 fully saturated rings. The lowest BCUT2D eigenvalue weighted by Crippen LogP contribution is -2.00. The van der Waals surface area contributed by atoms with Crippen molar-refractivity contribution >= 4 is 15.4 Å². The summed E-state index contributed by atoms with van der Waals surface area (Å²) < 4.78 is 3.69. The fraction of sp³-hybridized carbons (Fsp3) is 1.00. The highest BCUT2D eigenvalue weighted by molar-refractivity contribution is 6.32. The van der Waals surface area contributed by atoms with Crippen molar-refractivity contribution in [2.24, 2.45) is 0 Å². The summed E-state index contributed by atoms with van der Waals surface area (Å²) in [7, 11) is 0.750. The van der Waals surface area contributed by atoms with Crippen LogP contribution >= 0.6 is 0 Å². The largest absolute Gasteiger partial charge is 0.469 e. The van der Waals surface area contributed by atoms with Gasteiger partial charge in [-0.1, -0.05) is 7.43 Å². The topological polar surface area (TPSA) is 49.7 Å². The van der Waals surface area contributed by atoms with Gasteiger partial charge >= 0.3 is 15.4 Å². The zero-order chi connectivity index (χ0) is 4.12. The molecule has 0 amide bonds. The van der Waals surface area contributed by atoms with Crippen LogP contribution in [0.15, 0.2) is 0 Å². The first kappa shape index (κ1) is 9.38.